The van der Waals surface area contributed by atoms with E-state index in [1.165, 1.54) is 10.4 Å². The molecule has 18 heavy (non-hydrogen) atoms. The lowest BCUT2D eigenvalue weighted by Crippen LogP contribution is -2.33. The predicted molar refractivity (Wildman–Crippen MR) is 72.7 cm³/mol. The van der Waals surface area contributed by atoms with E-state index in [1.807, 2.05) is 23.5 Å². The number of hydrogen-bond acceptors (Lipinski definition) is 4. The molecule has 0 aromatic carbocycles. The van der Waals surface area contributed by atoms with Gasteiger partial charge in [-0.25, -0.2) is 4.98 Å². The number of pyridine rings is 1. The van der Waals surface area contributed by atoms with E-state index in [2.05, 4.69) is 34.3 Å². The van der Waals surface area contributed by atoms with E-state index < -0.39 is 0 Å². The number of fused-ring (bicyclic) bond motifs is 1. The summed E-state index contributed by atoms with van der Waals surface area (Å²) in [6.07, 6.45) is 2.80. The van der Waals surface area contributed by atoms with Crippen LogP contribution >= 0.6 is 11.3 Å². The monoisotopic (exact) mass is 255 g/mol. The number of nitrogens with zero attached hydrogens (tertiary/aromatic N) is 3. The summed E-state index contributed by atoms with van der Waals surface area (Å²) in [7, 11) is 0. The van der Waals surface area contributed by atoms with Gasteiger partial charge in [0.2, 0.25) is 0 Å². The van der Waals surface area contributed by atoms with E-state index in [1.54, 1.807) is 6.20 Å². The van der Waals surface area contributed by atoms with Crippen LogP contribution in [0.25, 0.3) is 0 Å². The third kappa shape index (κ3) is 1.77. The normalized spacial score (nSPS) is 18.2. The Morgan fingerprint density at radius 3 is 3.22 bits per heavy atom. The maximum atomic E-state index is 8.92. The molecule has 1 atom stereocenters. The molecule has 3 nitrogen and oxygen atoms in total. The van der Waals surface area contributed by atoms with E-state index in [-0.39, 0.29) is 0 Å². The number of aromatic nitrogens is 1. The second-order valence-corrected chi connectivity index (χ2v) is 5.43. The molecule has 0 bridgehead atoms. The Morgan fingerprint density at radius 1 is 1.50 bits per heavy atom. The van der Waals surface area contributed by atoms with Crippen LogP contribution in [0.4, 0.5) is 5.69 Å². The van der Waals surface area contributed by atoms with Gasteiger partial charge in [0.25, 0.3) is 0 Å². The van der Waals surface area contributed by atoms with E-state index >= 15 is 0 Å². The molecule has 0 saturated carbocycles. The van der Waals surface area contributed by atoms with Crippen molar-refractivity contribution < 1.29 is 0 Å². The molecule has 2 aromatic heterocycles. The zero-order valence-electron chi connectivity index (χ0n) is 10.1. The van der Waals surface area contributed by atoms with Gasteiger partial charge in [-0.1, -0.05) is 0 Å². The maximum absolute atomic E-state index is 8.92. The molecule has 0 amide bonds. The molecule has 2 aromatic rings. The van der Waals surface area contributed by atoms with Crippen LogP contribution in [0, 0.1) is 11.3 Å². The summed E-state index contributed by atoms with van der Waals surface area (Å²) < 4.78 is 0. The standard InChI is InChI=1S/C14H13N3S/c1-10-13-4-7-18-14(13)3-6-17(10)12-2-5-16-11(8-12)9-15/h2,4-5,7-8,10H,3,6H2,1H3. The maximum Gasteiger partial charge on any atom is 0.142 e. The molecule has 0 fully saturated rings. The topological polar surface area (TPSA) is 39.9 Å². The predicted octanol–water partition coefficient (Wildman–Crippen LogP) is 3.14. The summed E-state index contributed by atoms with van der Waals surface area (Å²) >= 11 is 1.84. The van der Waals surface area contributed by atoms with Gasteiger partial charge >= 0.3 is 0 Å². The summed E-state index contributed by atoms with van der Waals surface area (Å²) in [4.78, 5) is 7.86. The number of nitriles is 1. The molecule has 1 unspecified atom stereocenters. The number of rotatable bonds is 1. The number of thiophene rings is 1. The van der Waals surface area contributed by atoms with E-state index in [9.17, 15) is 0 Å². The van der Waals surface area contributed by atoms with Gasteiger partial charge in [-0.3, -0.25) is 0 Å². The molecule has 0 saturated heterocycles. The minimum Gasteiger partial charge on any atom is -0.364 e. The minimum atomic E-state index is 0.369. The quantitative estimate of drug-likeness (QED) is 0.786. The van der Waals surface area contributed by atoms with E-state index in [0.717, 1.165) is 18.7 Å². The second kappa shape index (κ2) is 4.43. The van der Waals surface area contributed by atoms with Crippen LogP contribution in [0.3, 0.4) is 0 Å². The van der Waals surface area contributed by atoms with Crippen molar-refractivity contribution in [3.8, 4) is 6.07 Å². The Morgan fingerprint density at radius 2 is 2.39 bits per heavy atom. The average Bonchev–Trinajstić information content (AvgIpc) is 2.88. The van der Waals surface area contributed by atoms with Crippen LogP contribution in [0.5, 0.6) is 0 Å². The first-order chi connectivity index (χ1) is 8.79. The van der Waals surface area contributed by atoms with Crippen molar-refractivity contribution in [2.24, 2.45) is 0 Å². The first-order valence-electron chi connectivity index (χ1n) is 5.98. The average molecular weight is 255 g/mol. The van der Waals surface area contributed by atoms with Gasteiger partial charge in [-0.05, 0) is 42.5 Å². The van der Waals surface area contributed by atoms with Crippen molar-refractivity contribution in [1.82, 2.24) is 4.98 Å². The van der Waals surface area contributed by atoms with Crippen LogP contribution in [0.1, 0.15) is 29.1 Å². The molecule has 0 N–H and O–H groups in total. The van der Waals surface area contributed by atoms with Crippen LogP contribution in [0.15, 0.2) is 29.8 Å². The molecule has 90 valence electrons. The van der Waals surface area contributed by atoms with Gasteiger partial charge in [-0.15, -0.1) is 11.3 Å². The third-order valence-electron chi connectivity index (χ3n) is 3.47. The highest BCUT2D eigenvalue weighted by Crippen LogP contribution is 2.35. The highest BCUT2D eigenvalue weighted by Gasteiger charge is 2.24. The molecule has 0 aliphatic carbocycles. The first-order valence-corrected chi connectivity index (χ1v) is 6.86. The van der Waals surface area contributed by atoms with Crippen molar-refractivity contribution in [2.45, 2.75) is 19.4 Å². The Bertz CT molecular complexity index is 611. The molecule has 1 aliphatic heterocycles. The fourth-order valence-corrected chi connectivity index (χ4v) is 3.48. The summed E-state index contributed by atoms with van der Waals surface area (Å²) in [5.41, 5.74) is 2.99. The lowest BCUT2D eigenvalue weighted by Gasteiger charge is -2.35. The zero-order chi connectivity index (χ0) is 12.5. The van der Waals surface area contributed by atoms with Crippen LogP contribution < -0.4 is 4.90 Å². The van der Waals surface area contributed by atoms with Crippen molar-refractivity contribution in [1.29, 1.82) is 5.26 Å². The number of anilines is 1. The Hall–Kier alpha value is -1.86. The molecule has 4 heteroatoms. The minimum absolute atomic E-state index is 0.369. The van der Waals surface area contributed by atoms with Gasteiger partial charge in [0, 0.05) is 23.3 Å². The summed E-state index contributed by atoms with van der Waals surface area (Å²) in [6.45, 7) is 3.22. The number of hydrogen-bond donors (Lipinski definition) is 0. The molecular formula is C14H13N3S. The van der Waals surface area contributed by atoms with E-state index in [0.29, 0.717) is 11.7 Å². The highest BCUT2D eigenvalue weighted by atomic mass is 32.1. The highest BCUT2D eigenvalue weighted by molar-refractivity contribution is 7.10. The van der Waals surface area contributed by atoms with Gasteiger partial charge in [0.15, 0.2) is 0 Å². The lowest BCUT2D eigenvalue weighted by atomic mass is 10.0. The molecule has 3 rings (SSSR count). The Kier molecular flexibility index (Phi) is 2.77. The fourth-order valence-electron chi connectivity index (χ4n) is 2.52. The molecule has 0 radical (unpaired) electrons. The van der Waals surface area contributed by atoms with Crippen LogP contribution in [0.2, 0.25) is 0 Å². The summed E-state index contributed by atoms with van der Waals surface area (Å²) in [5.74, 6) is 0. The van der Waals surface area contributed by atoms with Gasteiger partial charge in [0.1, 0.15) is 11.8 Å². The molecular weight excluding hydrogens is 242 g/mol. The zero-order valence-corrected chi connectivity index (χ0v) is 10.9. The second-order valence-electron chi connectivity index (χ2n) is 4.43. The van der Waals surface area contributed by atoms with Crippen molar-refractivity contribution in [3.63, 3.8) is 0 Å². The Labute approximate surface area is 110 Å². The van der Waals surface area contributed by atoms with Crippen molar-refractivity contribution in [3.05, 3.63) is 45.9 Å². The van der Waals surface area contributed by atoms with Gasteiger partial charge in [0.05, 0.1) is 6.04 Å². The fraction of sp³-hybridized carbons (Fsp3) is 0.286. The lowest BCUT2D eigenvalue weighted by molar-refractivity contribution is 0.632. The van der Waals surface area contributed by atoms with Crippen LogP contribution in [-0.2, 0) is 6.42 Å². The molecule has 0 spiro atoms. The van der Waals surface area contributed by atoms with Crippen molar-refractivity contribution >= 4 is 17.0 Å². The smallest absolute Gasteiger partial charge is 0.142 e. The van der Waals surface area contributed by atoms with Crippen LogP contribution in [-0.4, -0.2) is 11.5 Å². The molecule has 3 heterocycles. The third-order valence-corrected chi connectivity index (χ3v) is 4.46. The van der Waals surface area contributed by atoms with Gasteiger partial charge < -0.3 is 4.90 Å². The first kappa shape index (κ1) is 11.2. The largest absolute Gasteiger partial charge is 0.364 e. The SMILES string of the molecule is CC1c2ccsc2CCN1c1ccnc(C#N)c1. The van der Waals surface area contributed by atoms with Crippen molar-refractivity contribution in [2.75, 3.05) is 11.4 Å². The Balaban J connectivity index is 1.97. The van der Waals surface area contributed by atoms with Gasteiger partial charge in [-0.2, -0.15) is 5.26 Å². The summed E-state index contributed by atoms with van der Waals surface area (Å²) in [5, 5.41) is 11.1. The molecule has 1 aliphatic rings. The summed E-state index contributed by atoms with van der Waals surface area (Å²) in [6, 6.07) is 8.53. The van der Waals surface area contributed by atoms with E-state index in [4.69, 9.17) is 5.26 Å².